The van der Waals surface area contributed by atoms with Gasteiger partial charge in [-0.25, -0.2) is 4.98 Å². The zero-order chi connectivity index (χ0) is 18.8. The number of fused-ring (bicyclic) bond motifs is 3. The molecule has 2 bridgehead atoms. The van der Waals surface area contributed by atoms with Crippen LogP contribution >= 0.6 is 12.4 Å². The minimum Gasteiger partial charge on any atom is -0.464 e. The van der Waals surface area contributed by atoms with E-state index in [1.807, 2.05) is 24.0 Å². The molecule has 7 rings (SSSR count). The minimum absolute atomic E-state index is 0. The van der Waals surface area contributed by atoms with Crippen LogP contribution in [0.5, 0.6) is 0 Å². The Kier molecular flexibility index (Phi) is 4.29. The second-order valence-corrected chi connectivity index (χ2v) is 8.21. The maximum Gasteiger partial charge on any atom is 0.273 e. The Morgan fingerprint density at radius 2 is 2.07 bits per heavy atom. The van der Waals surface area contributed by atoms with Crippen molar-refractivity contribution < 1.29 is 9.21 Å². The van der Waals surface area contributed by atoms with E-state index in [1.165, 1.54) is 12.8 Å². The lowest BCUT2D eigenvalue weighted by Gasteiger charge is -2.48. The highest BCUT2D eigenvalue weighted by Gasteiger charge is 2.39. The number of hydrogen-bond acceptors (Lipinski definition) is 6. The number of nitrogens with zero attached hydrogens (tertiary/aromatic N) is 3. The Bertz CT molecular complexity index is 1070. The monoisotopic (exact) mass is 414 g/mol. The van der Waals surface area contributed by atoms with E-state index in [0.29, 0.717) is 40.9 Å². The van der Waals surface area contributed by atoms with E-state index in [4.69, 9.17) is 9.40 Å². The molecule has 1 aliphatic carbocycles. The Morgan fingerprint density at radius 1 is 1.31 bits per heavy atom. The summed E-state index contributed by atoms with van der Waals surface area (Å²) >= 11 is 0. The summed E-state index contributed by atoms with van der Waals surface area (Å²) in [6.07, 6.45) is 5.21. The molecule has 3 saturated heterocycles. The quantitative estimate of drug-likeness (QED) is 0.606. The number of piperazine rings is 1. The van der Waals surface area contributed by atoms with Gasteiger partial charge in [0, 0.05) is 48.4 Å². The van der Waals surface area contributed by atoms with Crippen molar-refractivity contribution in [3.05, 3.63) is 35.3 Å². The average Bonchev–Trinajstić information content (AvgIpc) is 3.22. The fourth-order valence-electron chi connectivity index (χ4n) is 4.41. The molecule has 4 fully saturated rings. The first-order valence-electron chi connectivity index (χ1n) is 9.91. The lowest BCUT2D eigenvalue weighted by molar-refractivity contribution is 0.0468. The van der Waals surface area contributed by atoms with Crippen LogP contribution in [-0.4, -0.2) is 51.2 Å². The third-order valence-electron chi connectivity index (χ3n) is 6.11. The maximum atomic E-state index is 13.2. The van der Waals surface area contributed by atoms with Gasteiger partial charge in [-0.15, -0.1) is 12.4 Å². The molecule has 1 saturated carbocycles. The number of amides is 1. The molecule has 2 unspecified atom stereocenters. The molecule has 3 aliphatic heterocycles. The molecule has 2 atom stereocenters. The molecule has 152 valence electrons. The van der Waals surface area contributed by atoms with Gasteiger partial charge >= 0.3 is 0 Å². The first-order valence-corrected chi connectivity index (χ1v) is 9.91. The predicted octanol–water partition coefficient (Wildman–Crippen LogP) is 3.09. The molecule has 8 nitrogen and oxygen atoms in total. The highest BCUT2D eigenvalue weighted by atomic mass is 35.5. The average molecular weight is 415 g/mol. The lowest BCUT2D eigenvalue weighted by Crippen LogP contribution is -2.67. The van der Waals surface area contributed by atoms with E-state index in [0.717, 1.165) is 36.2 Å². The van der Waals surface area contributed by atoms with Crippen LogP contribution in [0.25, 0.3) is 11.0 Å². The van der Waals surface area contributed by atoms with Gasteiger partial charge in [-0.2, -0.15) is 5.10 Å². The number of anilines is 2. The van der Waals surface area contributed by atoms with Crippen molar-refractivity contribution in [2.45, 2.75) is 44.2 Å². The third kappa shape index (κ3) is 3.07. The Balaban J connectivity index is 0.00000181. The fourth-order valence-corrected chi connectivity index (χ4v) is 4.41. The Morgan fingerprint density at radius 3 is 2.79 bits per heavy atom. The van der Waals surface area contributed by atoms with E-state index >= 15 is 0 Å². The maximum absolute atomic E-state index is 13.2. The number of furan rings is 1. The first-order chi connectivity index (χ1) is 13.7. The molecule has 9 heteroatoms. The molecule has 6 heterocycles. The van der Waals surface area contributed by atoms with Crippen molar-refractivity contribution in [3.63, 3.8) is 0 Å². The fraction of sp³-hybridized carbons (Fsp3) is 0.450. The van der Waals surface area contributed by atoms with Crippen molar-refractivity contribution in [1.82, 2.24) is 25.4 Å². The molecule has 3 aromatic heterocycles. The number of aromatic amines is 1. The number of aryl methyl sites for hydroxylation is 1. The van der Waals surface area contributed by atoms with Crippen LogP contribution < -0.4 is 10.6 Å². The van der Waals surface area contributed by atoms with Gasteiger partial charge in [0.1, 0.15) is 17.1 Å². The number of H-pyrrole nitrogens is 1. The molecular formula is C20H23ClN6O2. The van der Waals surface area contributed by atoms with Crippen LogP contribution in [0, 0.1) is 6.92 Å². The van der Waals surface area contributed by atoms with Crippen molar-refractivity contribution in [2.24, 2.45) is 0 Å². The number of carbonyl (C=O) groups excluding carboxylic acids is 1. The largest absolute Gasteiger partial charge is 0.464 e. The van der Waals surface area contributed by atoms with Crippen molar-refractivity contribution in [1.29, 1.82) is 0 Å². The van der Waals surface area contributed by atoms with Crippen molar-refractivity contribution >= 4 is 40.9 Å². The lowest BCUT2D eigenvalue weighted by atomic mass is 9.91. The molecule has 0 aromatic carbocycles. The zero-order valence-corrected chi connectivity index (χ0v) is 16.9. The highest BCUT2D eigenvalue weighted by molar-refractivity contribution is 6.01. The van der Waals surface area contributed by atoms with Crippen LogP contribution in [0.2, 0.25) is 0 Å². The van der Waals surface area contributed by atoms with Crippen LogP contribution in [-0.2, 0) is 0 Å². The van der Waals surface area contributed by atoms with Gasteiger partial charge in [0.25, 0.3) is 5.91 Å². The number of aromatic nitrogens is 3. The van der Waals surface area contributed by atoms with Gasteiger partial charge in [0.05, 0.1) is 11.6 Å². The van der Waals surface area contributed by atoms with Crippen LogP contribution in [0.15, 0.2) is 22.8 Å². The normalized spacial score (nSPS) is 22.9. The number of piperidine rings is 1. The number of halogens is 1. The standard InChI is InChI=1S/C20H22N6O2.ClH/c1-10-17(20(27)26-8-12-6-13(9-26)21-12)23-19(14-4-5-28-18(10)14)22-16-7-15(24-25-16)11-2-3-11;/h4-5,7,11-13,21H,2-3,6,8-9H2,1H3,(H2,22,23,24,25);1H. The smallest absolute Gasteiger partial charge is 0.273 e. The summed E-state index contributed by atoms with van der Waals surface area (Å²) in [7, 11) is 0. The number of hydrogen-bond donors (Lipinski definition) is 3. The second kappa shape index (κ2) is 6.74. The van der Waals surface area contributed by atoms with Crippen LogP contribution in [0.4, 0.5) is 11.6 Å². The topological polar surface area (TPSA) is 99.1 Å². The first kappa shape index (κ1) is 18.4. The molecule has 29 heavy (non-hydrogen) atoms. The summed E-state index contributed by atoms with van der Waals surface area (Å²) in [5.41, 5.74) is 3.07. The van der Waals surface area contributed by atoms with E-state index in [9.17, 15) is 4.79 Å². The summed E-state index contributed by atoms with van der Waals surface area (Å²) in [6, 6.07) is 4.73. The summed E-state index contributed by atoms with van der Waals surface area (Å²) in [5, 5.41) is 15.0. The van der Waals surface area contributed by atoms with Crippen molar-refractivity contribution in [3.8, 4) is 0 Å². The zero-order valence-electron chi connectivity index (χ0n) is 16.1. The van der Waals surface area contributed by atoms with Crippen LogP contribution in [0.1, 0.15) is 46.9 Å². The van der Waals surface area contributed by atoms with Gasteiger partial charge in [-0.3, -0.25) is 9.89 Å². The molecule has 0 spiro atoms. The van der Waals surface area contributed by atoms with Gasteiger partial charge in [0.15, 0.2) is 5.82 Å². The summed E-state index contributed by atoms with van der Waals surface area (Å²) < 4.78 is 5.70. The van der Waals surface area contributed by atoms with E-state index in [1.54, 1.807) is 6.26 Å². The molecule has 1 amide bonds. The van der Waals surface area contributed by atoms with Crippen molar-refractivity contribution in [2.75, 3.05) is 18.4 Å². The Hall–Kier alpha value is -2.58. The minimum atomic E-state index is -0.0317. The third-order valence-corrected chi connectivity index (χ3v) is 6.11. The van der Waals surface area contributed by atoms with E-state index in [-0.39, 0.29) is 18.3 Å². The second-order valence-electron chi connectivity index (χ2n) is 8.21. The van der Waals surface area contributed by atoms with E-state index in [2.05, 4.69) is 20.8 Å². The van der Waals surface area contributed by atoms with Gasteiger partial charge in [-0.05, 0) is 32.3 Å². The SMILES string of the molecule is Cc1c(C(=O)N2CC3CC(C2)N3)nc(Nc2cc(C3CC3)[nH]n2)c2ccoc12.Cl. The molecular weight excluding hydrogens is 392 g/mol. The predicted molar refractivity (Wildman–Crippen MR) is 111 cm³/mol. The van der Waals surface area contributed by atoms with Crippen LogP contribution in [0.3, 0.4) is 0 Å². The van der Waals surface area contributed by atoms with Gasteiger partial charge in [0.2, 0.25) is 0 Å². The molecule has 0 radical (unpaired) electrons. The Labute approximate surface area is 173 Å². The molecule has 3 N–H and O–H groups in total. The summed E-state index contributed by atoms with van der Waals surface area (Å²) in [5.74, 6) is 1.88. The summed E-state index contributed by atoms with van der Waals surface area (Å²) in [6.45, 7) is 3.37. The summed E-state index contributed by atoms with van der Waals surface area (Å²) in [4.78, 5) is 19.8. The van der Waals surface area contributed by atoms with Gasteiger partial charge < -0.3 is 20.0 Å². The number of carbonyl (C=O) groups is 1. The van der Waals surface area contributed by atoms with E-state index < -0.39 is 0 Å². The number of nitrogens with one attached hydrogen (secondary N) is 3. The van der Waals surface area contributed by atoms with Gasteiger partial charge in [-0.1, -0.05) is 0 Å². The number of pyridine rings is 1. The molecule has 4 aliphatic rings. The highest BCUT2D eigenvalue weighted by Crippen LogP contribution is 2.40. The number of rotatable bonds is 4. The molecule has 3 aromatic rings.